The molecule has 0 saturated carbocycles. The Morgan fingerprint density at radius 1 is 1.30 bits per heavy atom. The largest absolute Gasteiger partial charge is 0.415 e. The van der Waals surface area contributed by atoms with Gasteiger partial charge in [-0.05, 0) is 56.6 Å². The Labute approximate surface area is 167 Å². The summed E-state index contributed by atoms with van der Waals surface area (Å²) in [6.45, 7) is 6.32. The zero-order valence-electron chi connectivity index (χ0n) is 16.0. The quantitative estimate of drug-likeness (QED) is 0.568. The van der Waals surface area contributed by atoms with E-state index in [1.54, 1.807) is 29.2 Å². The maximum absolute atomic E-state index is 12.2. The van der Waals surface area contributed by atoms with Crippen LogP contribution in [-0.4, -0.2) is 60.3 Å². The van der Waals surface area contributed by atoms with E-state index < -0.39 is 0 Å². The number of carbonyl (C=O) groups excluding carboxylic acids is 1. The molecule has 1 aromatic rings. The van der Waals surface area contributed by atoms with E-state index in [1.165, 1.54) is 0 Å². The molecule has 1 amide bonds. The molecule has 0 atom stereocenters. The molecule has 0 spiro atoms. The van der Waals surface area contributed by atoms with Gasteiger partial charge < -0.3 is 19.6 Å². The number of aliphatic hydroxyl groups is 1. The molecule has 1 saturated heterocycles. The summed E-state index contributed by atoms with van der Waals surface area (Å²) >= 11 is 5.84. The summed E-state index contributed by atoms with van der Waals surface area (Å²) in [5.41, 5.74) is 0. The van der Waals surface area contributed by atoms with Crippen molar-refractivity contribution in [2.45, 2.75) is 32.6 Å². The van der Waals surface area contributed by atoms with Crippen LogP contribution in [0.25, 0.3) is 0 Å². The standard InChI is InChI=1S/C21H29ClN2O3/c1-2-23(16-17-25)13-5-3-4-6-18-11-14-24(15-12-18)21(26)27-20-9-7-19(22)8-10-20/h7-10,18,25H,2-3,5,11-17H2,1H3. The number of rotatable bonds is 7. The second-order valence-corrected chi connectivity index (χ2v) is 7.10. The van der Waals surface area contributed by atoms with Crippen molar-refractivity contribution in [3.05, 3.63) is 29.3 Å². The molecule has 2 rings (SSSR count). The Balaban J connectivity index is 1.66. The third kappa shape index (κ3) is 7.80. The molecule has 1 fully saturated rings. The molecule has 1 aromatic carbocycles. The highest BCUT2D eigenvalue weighted by Crippen LogP contribution is 2.20. The van der Waals surface area contributed by atoms with Crippen molar-refractivity contribution >= 4 is 17.7 Å². The highest BCUT2D eigenvalue weighted by atomic mass is 35.5. The minimum Gasteiger partial charge on any atom is -0.410 e. The fraction of sp³-hybridized carbons (Fsp3) is 0.571. The van der Waals surface area contributed by atoms with Crippen molar-refractivity contribution in [2.24, 2.45) is 5.92 Å². The topological polar surface area (TPSA) is 53.0 Å². The summed E-state index contributed by atoms with van der Waals surface area (Å²) < 4.78 is 5.38. The predicted octanol–water partition coefficient (Wildman–Crippen LogP) is 3.65. The van der Waals surface area contributed by atoms with Gasteiger partial charge in [0.25, 0.3) is 0 Å². The van der Waals surface area contributed by atoms with E-state index in [0.29, 0.717) is 29.8 Å². The smallest absolute Gasteiger partial charge is 0.410 e. The van der Waals surface area contributed by atoms with Crippen molar-refractivity contribution < 1.29 is 14.6 Å². The zero-order valence-corrected chi connectivity index (χ0v) is 16.7. The minimum absolute atomic E-state index is 0.207. The van der Waals surface area contributed by atoms with Crippen LogP contribution in [-0.2, 0) is 0 Å². The number of ether oxygens (including phenoxy) is 1. The normalized spacial score (nSPS) is 14.7. The molecule has 27 heavy (non-hydrogen) atoms. The maximum atomic E-state index is 12.2. The lowest BCUT2D eigenvalue weighted by Gasteiger charge is -2.28. The van der Waals surface area contributed by atoms with Gasteiger partial charge in [0.15, 0.2) is 0 Å². The number of carbonyl (C=O) groups is 1. The molecule has 1 aliphatic heterocycles. The number of hydrogen-bond donors (Lipinski definition) is 1. The summed E-state index contributed by atoms with van der Waals surface area (Å²) in [4.78, 5) is 16.2. The number of likely N-dealkylation sites (tertiary alicyclic amines) is 1. The third-order valence-electron chi connectivity index (χ3n) is 4.72. The van der Waals surface area contributed by atoms with E-state index in [9.17, 15) is 4.79 Å². The fourth-order valence-electron chi connectivity index (χ4n) is 3.05. The molecule has 6 heteroatoms. The Bertz CT molecular complexity index is 631. The Hall–Kier alpha value is -1.74. The van der Waals surface area contributed by atoms with Gasteiger partial charge in [-0.3, -0.25) is 0 Å². The van der Waals surface area contributed by atoms with Gasteiger partial charge in [0.05, 0.1) is 6.61 Å². The first kappa shape index (κ1) is 21.6. The van der Waals surface area contributed by atoms with Crippen LogP contribution in [0.15, 0.2) is 24.3 Å². The summed E-state index contributed by atoms with van der Waals surface area (Å²) in [6.07, 6.45) is 3.35. The number of aliphatic hydroxyl groups excluding tert-OH is 1. The molecule has 1 heterocycles. The highest BCUT2D eigenvalue weighted by molar-refractivity contribution is 6.30. The summed E-state index contributed by atoms with van der Waals surface area (Å²) in [6, 6.07) is 6.79. The lowest BCUT2D eigenvalue weighted by Crippen LogP contribution is -2.39. The predicted molar refractivity (Wildman–Crippen MR) is 108 cm³/mol. The van der Waals surface area contributed by atoms with E-state index in [-0.39, 0.29) is 12.7 Å². The Morgan fingerprint density at radius 3 is 2.63 bits per heavy atom. The molecular formula is C21H29ClN2O3. The average molecular weight is 393 g/mol. The number of piperidine rings is 1. The molecule has 0 aromatic heterocycles. The van der Waals surface area contributed by atoms with Crippen molar-refractivity contribution in [1.82, 2.24) is 9.80 Å². The van der Waals surface area contributed by atoms with E-state index in [2.05, 4.69) is 23.7 Å². The second-order valence-electron chi connectivity index (χ2n) is 6.67. The first-order valence-corrected chi connectivity index (χ1v) is 10.0. The lowest BCUT2D eigenvalue weighted by atomic mass is 9.97. The van der Waals surface area contributed by atoms with Crippen LogP contribution in [0.3, 0.4) is 0 Å². The SMILES string of the molecule is CCN(CCO)CCCC#CC1CCN(C(=O)Oc2ccc(Cl)cc2)CC1. The molecule has 0 aliphatic carbocycles. The van der Waals surface area contributed by atoms with Crippen LogP contribution < -0.4 is 4.74 Å². The van der Waals surface area contributed by atoms with Crippen LogP contribution in [0.5, 0.6) is 5.75 Å². The molecule has 1 N–H and O–H groups in total. The van der Waals surface area contributed by atoms with Crippen LogP contribution in [0.1, 0.15) is 32.6 Å². The van der Waals surface area contributed by atoms with Gasteiger partial charge in [0.1, 0.15) is 5.75 Å². The average Bonchev–Trinajstić information content (AvgIpc) is 2.69. The molecular weight excluding hydrogens is 364 g/mol. The number of halogens is 1. The fourth-order valence-corrected chi connectivity index (χ4v) is 3.18. The Kier molecular flexibility index (Phi) is 9.47. The summed E-state index contributed by atoms with van der Waals surface area (Å²) in [7, 11) is 0. The van der Waals surface area contributed by atoms with E-state index >= 15 is 0 Å². The number of unbranched alkanes of at least 4 members (excludes halogenated alkanes) is 1. The van der Waals surface area contributed by atoms with Crippen LogP contribution in [0, 0.1) is 17.8 Å². The van der Waals surface area contributed by atoms with E-state index in [4.69, 9.17) is 21.4 Å². The van der Waals surface area contributed by atoms with Gasteiger partial charge in [0, 0.05) is 37.0 Å². The first-order valence-electron chi connectivity index (χ1n) is 9.66. The van der Waals surface area contributed by atoms with Gasteiger partial charge >= 0.3 is 6.09 Å². The Morgan fingerprint density at radius 2 is 2.00 bits per heavy atom. The van der Waals surface area contributed by atoms with Gasteiger partial charge in [-0.15, -0.1) is 5.92 Å². The number of nitrogens with zero attached hydrogens (tertiary/aromatic N) is 2. The van der Waals surface area contributed by atoms with Gasteiger partial charge in [-0.2, -0.15) is 0 Å². The van der Waals surface area contributed by atoms with E-state index in [0.717, 1.165) is 45.3 Å². The summed E-state index contributed by atoms with van der Waals surface area (Å²) in [5, 5.41) is 9.60. The van der Waals surface area contributed by atoms with Crippen LogP contribution >= 0.6 is 11.6 Å². The van der Waals surface area contributed by atoms with Gasteiger partial charge in [-0.25, -0.2) is 4.79 Å². The van der Waals surface area contributed by atoms with Crippen molar-refractivity contribution in [2.75, 3.05) is 39.3 Å². The monoisotopic (exact) mass is 392 g/mol. The maximum Gasteiger partial charge on any atom is 0.415 e. The van der Waals surface area contributed by atoms with Crippen molar-refractivity contribution in [3.63, 3.8) is 0 Å². The summed E-state index contributed by atoms with van der Waals surface area (Å²) in [5.74, 6) is 7.49. The lowest BCUT2D eigenvalue weighted by molar-refractivity contribution is 0.137. The molecule has 5 nitrogen and oxygen atoms in total. The molecule has 0 radical (unpaired) electrons. The van der Waals surface area contributed by atoms with Crippen LogP contribution in [0.4, 0.5) is 4.79 Å². The van der Waals surface area contributed by atoms with Crippen molar-refractivity contribution in [3.8, 4) is 17.6 Å². The number of hydrogen-bond acceptors (Lipinski definition) is 4. The van der Waals surface area contributed by atoms with Gasteiger partial charge in [-0.1, -0.05) is 24.4 Å². The zero-order chi connectivity index (χ0) is 19.5. The molecule has 1 aliphatic rings. The molecule has 148 valence electrons. The number of likely N-dealkylation sites (N-methyl/N-ethyl adjacent to an activating group) is 1. The second kappa shape index (κ2) is 11.9. The molecule has 0 bridgehead atoms. The number of benzene rings is 1. The van der Waals surface area contributed by atoms with Gasteiger partial charge in [0.2, 0.25) is 0 Å². The van der Waals surface area contributed by atoms with E-state index in [1.807, 2.05) is 0 Å². The number of amides is 1. The van der Waals surface area contributed by atoms with Crippen molar-refractivity contribution in [1.29, 1.82) is 0 Å². The minimum atomic E-state index is -0.313. The highest BCUT2D eigenvalue weighted by Gasteiger charge is 2.23. The first-order chi connectivity index (χ1) is 13.1. The van der Waals surface area contributed by atoms with Crippen LogP contribution in [0.2, 0.25) is 5.02 Å². The molecule has 0 unspecified atom stereocenters. The third-order valence-corrected chi connectivity index (χ3v) is 4.97.